The van der Waals surface area contributed by atoms with Crippen LogP contribution in [0.25, 0.3) is 0 Å². The summed E-state index contributed by atoms with van der Waals surface area (Å²) in [7, 11) is 0. The van der Waals surface area contributed by atoms with Crippen LogP contribution in [0, 0.1) is 0 Å². The van der Waals surface area contributed by atoms with E-state index >= 15 is 0 Å². The Labute approximate surface area is 150 Å². The number of amides is 2. The van der Waals surface area contributed by atoms with Gasteiger partial charge in [-0.05, 0) is 6.92 Å². The van der Waals surface area contributed by atoms with E-state index in [4.69, 9.17) is 0 Å². The van der Waals surface area contributed by atoms with Crippen molar-refractivity contribution < 1.29 is 71.1 Å². The van der Waals surface area contributed by atoms with E-state index in [1.807, 2.05) is 0 Å². The van der Waals surface area contributed by atoms with Gasteiger partial charge < -0.3 is 10.6 Å². The first-order valence-electron chi connectivity index (χ1n) is 6.68. The van der Waals surface area contributed by atoms with Crippen molar-refractivity contribution in [3.05, 3.63) is 0 Å². The number of nitrogens with one attached hydrogen (secondary N) is 2. The third-order valence-electron chi connectivity index (χ3n) is 3.02. The van der Waals surface area contributed by atoms with Gasteiger partial charge in [-0.3, -0.25) is 9.59 Å². The van der Waals surface area contributed by atoms with Gasteiger partial charge in [-0.2, -0.15) is 61.5 Å². The summed E-state index contributed by atoms with van der Waals surface area (Å²) in [6.45, 7) is -1.19. The second-order valence-corrected chi connectivity index (χ2v) is 5.38. The lowest BCUT2D eigenvalue weighted by molar-refractivity contribution is -0.344. The molecule has 172 valence electrons. The van der Waals surface area contributed by atoms with Crippen LogP contribution in [-0.4, -0.2) is 60.4 Å². The standard InChI is InChI=1S/C11H8F14N2O2/c1-3(27-5(29)7(14,15)9(18,19)11(23,24)25)2-26-4(28)6(12,13)8(16,17)10(20,21)22/h3H,2H2,1H3,(H,26,28)(H,27,29)/t3-/m0/s1. The fourth-order valence-corrected chi connectivity index (χ4v) is 1.36. The lowest BCUT2D eigenvalue weighted by atomic mass is 10.1. The molecule has 0 unspecified atom stereocenters. The molecule has 0 fully saturated rings. The molecule has 0 spiro atoms. The largest absolute Gasteiger partial charge is 0.460 e. The number of carbonyl (C=O) groups is 2. The van der Waals surface area contributed by atoms with Gasteiger partial charge in [0.15, 0.2) is 0 Å². The van der Waals surface area contributed by atoms with E-state index in [0.29, 0.717) is 12.2 Å². The van der Waals surface area contributed by atoms with E-state index in [2.05, 4.69) is 0 Å². The summed E-state index contributed by atoms with van der Waals surface area (Å²) in [5.41, 5.74) is 0. The van der Waals surface area contributed by atoms with Crippen LogP contribution >= 0.6 is 0 Å². The minimum Gasteiger partial charge on any atom is -0.349 e. The average Bonchev–Trinajstić information content (AvgIpc) is 2.49. The van der Waals surface area contributed by atoms with Crippen LogP contribution < -0.4 is 10.6 Å². The van der Waals surface area contributed by atoms with Gasteiger partial charge in [0, 0.05) is 12.6 Å². The molecular weight excluding hydrogens is 458 g/mol. The maximum absolute atomic E-state index is 13.0. The van der Waals surface area contributed by atoms with Crippen LogP contribution in [0.15, 0.2) is 0 Å². The van der Waals surface area contributed by atoms with E-state index in [0.717, 1.165) is 5.32 Å². The quantitative estimate of drug-likeness (QED) is 0.567. The highest BCUT2D eigenvalue weighted by molar-refractivity contribution is 5.86. The summed E-state index contributed by atoms with van der Waals surface area (Å²) in [6, 6.07) is -2.18. The van der Waals surface area contributed by atoms with Gasteiger partial charge in [-0.1, -0.05) is 0 Å². The van der Waals surface area contributed by atoms with Crippen molar-refractivity contribution in [3.8, 4) is 0 Å². The van der Waals surface area contributed by atoms with Gasteiger partial charge in [0.1, 0.15) is 0 Å². The second kappa shape index (κ2) is 7.66. The van der Waals surface area contributed by atoms with Crippen molar-refractivity contribution >= 4 is 11.8 Å². The van der Waals surface area contributed by atoms with Crippen molar-refractivity contribution in [2.24, 2.45) is 0 Å². The van der Waals surface area contributed by atoms with Gasteiger partial charge in [-0.15, -0.1) is 0 Å². The summed E-state index contributed by atoms with van der Waals surface area (Å²) in [6.07, 6.45) is -13.8. The maximum atomic E-state index is 13.0. The molecule has 0 rings (SSSR count). The molecule has 29 heavy (non-hydrogen) atoms. The number of alkyl halides is 14. The Morgan fingerprint density at radius 3 is 1.28 bits per heavy atom. The summed E-state index contributed by atoms with van der Waals surface area (Å²) < 4.78 is 174. The van der Waals surface area contributed by atoms with Gasteiger partial charge in [0.05, 0.1) is 0 Å². The molecule has 2 N–H and O–H groups in total. The van der Waals surface area contributed by atoms with E-state index in [1.165, 1.54) is 0 Å². The van der Waals surface area contributed by atoms with Crippen LogP contribution in [0.2, 0.25) is 0 Å². The summed E-state index contributed by atoms with van der Waals surface area (Å²) in [5, 5.41) is 1.42. The number of hydrogen-bond acceptors (Lipinski definition) is 2. The summed E-state index contributed by atoms with van der Waals surface area (Å²) in [4.78, 5) is 21.8. The molecule has 0 aromatic rings. The van der Waals surface area contributed by atoms with Crippen LogP contribution in [0.4, 0.5) is 61.5 Å². The van der Waals surface area contributed by atoms with Crippen molar-refractivity contribution in [3.63, 3.8) is 0 Å². The fraction of sp³-hybridized carbons (Fsp3) is 0.818. The molecule has 0 aliphatic rings. The van der Waals surface area contributed by atoms with Gasteiger partial charge in [0.25, 0.3) is 11.8 Å². The Kier molecular flexibility index (Phi) is 7.12. The Bertz CT molecular complexity index is 624. The first-order valence-corrected chi connectivity index (χ1v) is 6.68. The van der Waals surface area contributed by atoms with E-state index in [9.17, 15) is 71.1 Å². The molecular formula is C11H8F14N2O2. The zero-order valence-corrected chi connectivity index (χ0v) is 13.4. The molecule has 18 heteroatoms. The highest BCUT2D eigenvalue weighted by Crippen LogP contribution is 2.47. The minimum atomic E-state index is -6.89. The fourth-order valence-electron chi connectivity index (χ4n) is 1.36. The first-order chi connectivity index (χ1) is 12.4. The van der Waals surface area contributed by atoms with Crippen molar-refractivity contribution in [1.82, 2.24) is 10.6 Å². The molecule has 0 aliphatic carbocycles. The number of rotatable bonds is 7. The lowest BCUT2D eigenvalue weighted by Gasteiger charge is -2.29. The Morgan fingerprint density at radius 2 is 0.966 bits per heavy atom. The molecule has 0 aliphatic heterocycles. The van der Waals surface area contributed by atoms with Crippen LogP contribution in [0.5, 0.6) is 0 Å². The Hall–Kier alpha value is -2.04. The molecule has 0 saturated heterocycles. The normalized spacial score (nSPS) is 15.7. The third-order valence-corrected chi connectivity index (χ3v) is 3.02. The SMILES string of the molecule is C[C@@H](CNC(=O)C(F)(F)C(F)(F)C(F)(F)F)NC(=O)C(F)(F)C(F)(F)C(F)(F)F. The molecule has 2 amide bonds. The third kappa shape index (κ3) is 4.93. The molecule has 0 radical (unpaired) electrons. The molecule has 1 atom stereocenters. The molecule has 0 bridgehead atoms. The van der Waals surface area contributed by atoms with Gasteiger partial charge in [0.2, 0.25) is 0 Å². The predicted octanol–water partition coefficient (Wildman–Crippen LogP) is 3.27. The molecule has 0 heterocycles. The molecule has 4 nitrogen and oxygen atoms in total. The van der Waals surface area contributed by atoms with E-state index < -0.39 is 60.4 Å². The monoisotopic (exact) mass is 466 g/mol. The van der Waals surface area contributed by atoms with E-state index in [-0.39, 0.29) is 0 Å². The maximum Gasteiger partial charge on any atom is 0.460 e. The predicted molar refractivity (Wildman–Crippen MR) is 62.5 cm³/mol. The van der Waals surface area contributed by atoms with Crippen molar-refractivity contribution in [2.75, 3.05) is 6.54 Å². The number of carbonyl (C=O) groups excluding carboxylic acids is 2. The van der Waals surface area contributed by atoms with Crippen LogP contribution in [0.3, 0.4) is 0 Å². The van der Waals surface area contributed by atoms with Crippen molar-refractivity contribution in [1.29, 1.82) is 0 Å². The van der Waals surface area contributed by atoms with Crippen LogP contribution in [0.1, 0.15) is 6.92 Å². The minimum absolute atomic E-state index is 0.431. The molecule has 0 aromatic carbocycles. The highest BCUT2D eigenvalue weighted by atomic mass is 19.4. The van der Waals surface area contributed by atoms with Crippen molar-refractivity contribution in [2.45, 2.75) is 49.0 Å². The highest BCUT2D eigenvalue weighted by Gasteiger charge is 2.77. The van der Waals surface area contributed by atoms with Gasteiger partial charge in [-0.25, -0.2) is 0 Å². The number of halogens is 14. The molecule has 0 saturated carbocycles. The topological polar surface area (TPSA) is 58.2 Å². The molecule has 0 aromatic heterocycles. The first kappa shape index (κ1) is 27.0. The van der Waals surface area contributed by atoms with Gasteiger partial charge >= 0.3 is 36.0 Å². The van der Waals surface area contributed by atoms with Crippen LogP contribution in [-0.2, 0) is 9.59 Å². The van der Waals surface area contributed by atoms with E-state index in [1.54, 1.807) is 0 Å². The Morgan fingerprint density at radius 1 is 0.655 bits per heavy atom. The summed E-state index contributed by atoms with van der Waals surface area (Å²) >= 11 is 0. The average molecular weight is 466 g/mol. The zero-order chi connectivity index (χ0) is 23.9. The number of hydrogen-bond donors (Lipinski definition) is 2. The zero-order valence-electron chi connectivity index (χ0n) is 13.4. The smallest absolute Gasteiger partial charge is 0.349 e. The Balaban J connectivity index is 5.17. The lowest BCUT2D eigenvalue weighted by Crippen LogP contribution is -2.62. The second-order valence-electron chi connectivity index (χ2n) is 5.38. The summed E-state index contributed by atoms with van der Waals surface area (Å²) in [5.74, 6) is -33.2.